The quantitative estimate of drug-likeness (QED) is 0.694. The molecule has 26 heavy (non-hydrogen) atoms. The van der Waals surface area contributed by atoms with Gasteiger partial charge in [-0.25, -0.2) is 9.78 Å². The van der Waals surface area contributed by atoms with Crippen LogP contribution < -0.4 is 0 Å². The van der Waals surface area contributed by atoms with Crippen molar-refractivity contribution in [2.24, 2.45) is 5.92 Å². The van der Waals surface area contributed by atoms with Crippen molar-refractivity contribution < 1.29 is 9.53 Å². The molecule has 5 nitrogen and oxygen atoms in total. The van der Waals surface area contributed by atoms with Crippen molar-refractivity contribution in [2.75, 3.05) is 0 Å². The van der Waals surface area contributed by atoms with Gasteiger partial charge in [-0.3, -0.25) is 4.90 Å². The first kappa shape index (κ1) is 19.0. The van der Waals surface area contributed by atoms with E-state index in [0.717, 1.165) is 28.0 Å². The summed E-state index contributed by atoms with van der Waals surface area (Å²) < 4.78 is 6.67. The van der Waals surface area contributed by atoms with E-state index in [9.17, 15) is 4.79 Å². The molecule has 0 spiro atoms. The number of likely N-dealkylation sites (tertiary alicyclic amines) is 1. The van der Waals surface area contributed by atoms with Crippen molar-refractivity contribution in [1.29, 1.82) is 0 Å². The molecule has 1 aliphatic rings. The van der Waals surface area contributed by atoms with Gasteiger partial charge in [-0.05, 0) is 57.7 Å². The van der Waals surface area contributed by atoms with Gasteiger partial charge in [0.05, 0.1) is 17.9 Å². The summed E-state index contributed by atoms with van der Waals surface area (Å²) in [5, 5.41) is 0. The largest absolute Gasteiger partial charge is 0.444 e. The molecule has 1 N–H and O–H groups in total. The number of nitrogens with zero attached hydrogens (tertiary/aromatic N) is 2. The minimum atomic E-state index is -0.515. The normalized spacial score (nSPS) is 23.3. The van der Waals surface area contributed by atoms with Gasteiger partial charge in [0.15, 0.2) is 0 Å². The highest BCUT2D eigenvalue weighted by atomic mass is 79.9. The molecule has 1 saturated heterocycles. The second-order valence-electron chi connectivity index (χ2n) is 8.05. The molecule has 1 aliphatic heterocycles. The number of carbonyl (C=O) groups is 1. The third-order valence-electron chi connectivity index (χ3n) is 4.86. The van der Waals surface area contributed by atoms with Gasteiger partial charge >= 0.3 is 6.09 Å². The first-order chi connectivity index (χ1) is 12.2. The van der Waals surface area contributed by atoms with E-state index in [2.05, 4.69) is 39.7 Å². The average molecular weight is 420 g/mol. The number of amides is 1. The summed E-state index contributed by atoms with van der Waals surface area (Å²) in [4.78, 5) is 22.6. The van der Waals surface area contributed by atoms with Gasteiger partial charge < -0.3 is 9.72 Å². The van der Waals surface area contributed by atoms with Gasteiger partial charge in [-0.15, -0.1) is 0 Å². The Morgan fingerprint density at radius 1 is 1.27 bits per heavy atom. The zero-order chi connectivity index (χ0) is 19.1. The lowest BCUT2D eigenvalue weighted by atomic mass is 10.0. The molecule has 6 heteroatoms. The monoisotopic (exact) mass is 419 g/mol. The van der Waals surface area contributed by atoms with Gasteiger partial charge in [0.1, 0.15) is 11.4 Å². The lowest BCUT2D eigenvalue weighted by Gasteiger charge is -2.31. The van der Waals surface area contributed by atoms with E-state index >= 15 is 0 Å². The first-order valence-electron chi connectivity index (χ1n) is 8.98. The third-order valence-corrected chi connectivity index (χ3v) is 5.39. The van der Waals surface area contributed by atoms with Crippen LogP contribution in [0.2, 0.25) is 0 Å². The van der Waals surface area contributed by atoms with E-state index in [1.165, 1.54) is 0 Å². The molecule has 2 aromatic rings. The van der Waals surface area contributed by atoms with Gasteiger partial charge in [0.25, 0.3) is 0 Å². The summed E-state index contributed by atoms with van der Waals surface area (Å²) in [6, 6.07) is 8.08. The zero-order valence-electron chi connectivity index (χ0n) is 15.9. The molecule has 1 aromatic carbocycles. The van der Waals surface area contributed by atoms with Crippen LogP contribution in [0.3, 0.4) is 0 Å². The fraction of sp³-hybridized carbons (Fsp3) is 0.500. The highest BCUT2D eigenvalue weighted by Crippen LogP contribution is 2.40. The summed E-state index contributed by atoms with van der Waals surface area (Å²) in [6.07, 6.45) is 2.42. The standard InChI is InChI=1S/C20H26BrN3O2/c1-12-10-17(24(13(12)2)19(25)26-20(3,4)5)18-22-11-16(23-18)14-6-8-15(21)9-7-14/h6-9,11-13,17H,10H2,1-5H3,(H,22,23)/t12-,13-,17?/m1/s1. The summed E-state index contributed by atoms with van der Waals surface area (Å²) in [5.41, 5.74) is 1.50. The smallest absolute Gasteiger partial charge is 0.411 e. The van der Waals surface area contributed by atoms with Crippen LogP contribution in [0.4, 0.5) is 4.79 Å². The van der Waals surface area contributed by atoms with Crippen LogP contribution >= 0.6 is 15.9 Å². The summed E-state index contributed by atoms with van der Waals surface area (Å²) in [7, 11) is 0. The van der Waals surface area contributed by atoms with E-state index in [1.807, 2.05) is 56.1 Å². The molecule has 3 rings (SSSR count). The number of hydrogen-bond acceptors (Lipinski definition) is 3. The maximum atomic E-state index is 12.8. The minimum Gasteiger partial charge on any atom is -0.444 e. The van der Waals surface area contributed by atoms with Crippen LogP contribution in [0.1, 0.15) is 52.9 Å². The molecular weight excluding hydrogens is 394 g/mol. The van der Waals surface area contributed by atoms with Gasteiger partial charge in [0, 0.05) is 10.5 Å². The van der Waals surface area contributed by atoms with E-state index in [4.69, 9.17) is 4.74 Å². The Hall–Kier alpha value is -1.82. The van der Waals surface area contributed by atoms with E-state index in [-0.39, 0.29) is 18.2 Å². The van der Waals surface area contributed by atoms with Gasteiger partial charge in [-0.1, -0.05) is 35.0 Å². The predicted octanol–water partition coefficient (Wildman–Crippen LogP) is 5.55. The lowest BCUT2D eigenvalue weighted by Crippen LogP contribution is -2.41. The molecule has 1 amide bonds. The Balaban J connectivity index is 1.87. The number of aromatic amines is 1. The number of ether oxygens (including phenoxy) is 1. The Morgan fingerprint density at radius 2 is 1.92 bits per heavy atom. The second kappa shape index (κ2) is 7.06. The van der Waals surface area contributed by atoms with E-state index in [1.54, 1.807) is 0 Å². The highest BCUT2D eigenvalue weighted by molar-refractivity contribution is 9.10. The molecule has 1 fully saturated rings. The summed E-state index contributed by atoms with van der Waals surface area (Å²) in [5.74, 6) is 1.19. The maximum absolute atomic E-state index is 12.8. The van der Waals surface area contributed by atoms with E-state index < -0.39 is 5.60 Å². The Kier molecular flexibility index (Phi) is 5.15. The van der Waals surface area contributed by atoms with Crippen LogP contribution in [0, 0.1) is 5.92 Å². The van der Waals surface area contributed by atoms with Crippen LogP contribution in [0.25, 0.3) is 11.3 Å². The minimum absolute atomic E-state index is 0.0981. The van der Waals surface area contributed by atoms with Crippen molar-refractivity contribution >= 4 is 22.0 Å². The highest BCUT2D eigenvalue weighted by Gasteiger charge is 2.43. The molecule has 0 bridgehead atoms. The Labute approximate surface area is 163 Å². The zero-order valence-corrected chi connectivity index (χ0v) is 17.5. The number of nitrogens with one attached hydrogen (secondary N) is 1. The second-order valence-corrected chi connectivity index (χ2v) is 8.96. The van der Waals surface area contributed by atoms with E-state index in [0.29, 0.717) is 5.92 Å². The third kappa shape index (κ3) is 3.95. The summed E-state index contributed by atoms with van der Waals surface area (Å²) in [6.45, 7) is 9.92. The average Bonchev–Trinajstić information content (AvgIpc) is 3.12. The van der Waals surface area contributed by atoms with Gasteiger partial charge in [0.2, 0.25) is 0 Å². The molecule has 0 saturated carbocycles. The topological polar surface area (TPSA) is 58.2 Å². The number of hydrogen-bond donors (Lipinski definition) is 1. The number of halogens is 1. The molecule has 0 radical (unpaired) electrons. The van der Waals surface area contributed by atoms with Crippen molar-refractivity contribution in [3.8, 4) is 11.3 Å². The number of imidazole rings is 1. The number of carbonyl (C=O) groups excluding carboxylic acids is 1. The maximum Gasteiger partial charge on any atom is 0.411 e. The number of H-pyrrole nitrogens is 1. The van der Waals surface area contributed by atoms with Crippen LogP contribution in [0.5, 0.6) is 0 Å². The molecule has 1 aromatic heterocycles. The van der Waals surface area contributed by atoms with Crippen LogP contribution in [-0.2, 0) is 4.74 Å². The lowest BCUT2D eigenvalue weighted by molar-refractivity contribution is 0.0140. The van der Waals surface area contributed by atoms with Crippen molar-refractivity contribution in [2.45, 2.75) is 58.7 Å². The first-order valence-corrected chi connectivity index (χ1v) is 9.77. The van der Waals surface area contributed by atoms with Crippen molar-refractivity contribution in [3.05, 3.63) is 40.8 Å². The number of rotatable bonds is 2. The number of aromatic nitrogens is 2. The fourth-order valence-corrected chi connectivity index (χ4v) is 3.62. The summed E-state index contributed by atoms with van der Waals surface area (Å²) >= 11 is 3.45. The van der Waals surface area contributed by atoms with Gasteiger partial charge in [-0.2, -0.15) is 0 Å². The Morgan fingerprint density at radius 3 is 2.54 bits per heavy atom. The molecular formula is C20H26BrN3O2. The molecule has 3 atom stereocenters. The molecule has 140 valence electrons. The molecule has 0 aliphatic carbocycles. The molecule has 2 heterocycles. The molecule has 1 unspecified atom stereocenters. The van der Waals surface area contributed by atoms with Crippen molar-refractivity contribution in [1.82, 2.24) is 14.9 Å². The Bertz CT molecular complexity index is 779. The fourth-order valence-electron chi connectivity index (χ4n) is 3.35. The van der Waals surface area contributed by atoms with Crippen LogP contribution in [0.15, 0.2) is 34.9 Å². The predicted molar refractivity (Wildman–Crippen MR) is 106 cm³/mol. The van der Waals surface area contributed by atoms with Crippen molar-refractivity contribution in [3.63, 3.8) is 0 Å². The number of benzene rings is 1. The SMILES string of the molecule is C[C@@H]1CC(c2ncc(-c3ccc(Br)cc3)[nH]2)N(C(=O)OC(C)(C)C)[C@@H]1C. The van der Waals surface area contributed by atoms with Crippen LogP contribution in [-0.4, -0.2) is 32.6 Å².